The second-order valence-corrected chi connectivity index (χ2v) is 5.47. The molecule has 1 aromatic heterocycles. The first-order valence-electron chi connectivity index (χ1n) is 5.56. The summed E-state index contributed by atoms with van der Waals surface area (Å²) in [5, 5.41) is 0.680. The number of hydrogen-bond acceptors (Lipinski definition) is 1. The maximum Gasteiger partial charge on any atom is 0.139 e. The highest BCUT2D eigenvalue weighted by atomic mass is 79.9. The number of nitrogens with one attached hydrogen (secondary N) is 1. The highest BCUT2D eigenvalue weighted by Gasteiger charge is 2.10. The molecule has 0 saturated heterocycles. The summed E-state index contributed by atoms with van der Waals surface area (Å²) in [5.41, 5.74) is 3.93. The highest BCUT2D eigenvalue weighted by Crippen LogP contribution is 2.30. The van der Waals surface area contributed by atoms with Crippen molar-refractivity contribution in [3.63, 3.8) is 0 Å². The number of nitrogens with zero attached hydrogens (tertiary/aromatic N) is 1. The molecule has 0 aliphatic heterocycles. The van der Waals surface area contributed by atoms with Crippen molar-refractivity contribution in [2.45, 2.75) is 6.92 Å². The molecule has 0 aliphatic rings. The molecule has 0 amide bonds. The number of rotatable bonds is 1. The minimum Gasteiger partial charge on any atom is -0.338 e. The van der Waals surface area contributed by atoms with Gasteiger partial charge in [-0.05, 0) is 30.7 Å². The third-order valence-corrected chi connectivity index (χ3v) is 3.79. The van der Waals surface area contributed by atoms with Crippen LogP contribution in [-0.4, -0.2) is 9.97 Å². The van der Waals surface area contributed by atoms with Crippen molar-refractivity contribution in [2.75, 3.05) is 0 Å². The van der Waals surface area contributed by atoms with E-state index in [0.29, 0.717) is 5.02 Å². The van der Waals surface area contributed by atoms with E-state index in [0.717, 1.165) is 32.5 Å². The van der Waals surface area contributed by atoms with Crippen LogP contribution in [0.25, 0.3) is 22.4 Å². The van der Waals surface area contributed by atoms with E-state index in [2.05, 4.69) is 32.0 Å². The Morgan fingerprint density at radius 3 is 2.78 bits per heavy atom. The Morgan fingerprint density at radius 1 is 1.22 bits per heavy atom. The van der Waals surface area contributed by atoms with Crippen LogP contribution in [0.2, 0.25) is 5.02 Å². The summed E-state index contributed by atoms with van der Waals surface area (Å²) < 4.78 is 1.01. The normalized spacial score (nSPS) is 11.1. The Balaban J connectivity index is 2.26. The summed E-state index contributed by atoms with van der Waals surface area (Å²) in [6, 6.07) is 12.0. The van der Waals surface area contributed by atoms with Gasteiger partial charge in [0.25, 0.3) is 0 Å². The number of hydrogen-bond donors (Lipinski definition) is 1. The van der Waals surface area contributed by atoms with Crippen molar-refractivity contribution < 1.29 is 0 Å². The van der Waals surface area contributed by atoms with Crippen LogP contribution in [0.3, 0.4) is 0 Å². The molecule has 2 nitrogen and oxygen atoms in total. The van der Waals surface area contributed by atoms with Gasteiger partial charge in [-0.25, -0.2) is 4.98 Å². The van der Waals surface area contributed by atoms with Crippen molar-refractivity contribution in [3.05, 3.63) is 51.5 Å². The van der Waals surface area contributed by atoms with Crippen molar-refractivity contribution in [3.8, 4) is 11.4 Å². The summed E-state index contributed by atoms with van der Waals surface area (Å²) in [7, 11) is 0. The van der Waals surface area contributed by atoms with Crippen LogP contribution in [0.1, 0.15) is 5.56 Å². The van der Waals surface area contributed by atoms with Gasteiger partial charge >= 0.3 is 0 Å². The van der Waals surface area contributed by atoms with Gasteiger partial charge in [-0.3, -0.25) is 0 Å². The SMILES string of the molecule is Cc1cc(Cl)c2nc(-c3ccccc3Br)[nH]c2c1. The summed E-state index contributed by atoms with van der Waals surface area (Å²) >= 11 is 9.74. The van der Waals surface area contributed by atoms with E-state index < -0.39 is 0 Å². The summed E-state index contributed by atoms with van der Waals surface area (Å²) in [6.07, 6.45) is 0. The van der Waals surface area contributed by atoms with Gasteiger partial charge in [0.1, 0.15) is 11.3 Å². The molecule has 18 heavy (non-hydrogen) atoms. The van der Waals surface area contributed by atoms with Crippen LogP contribution in [0.5, 0.6) is 0 Å². The number of benzene rings is 2. The molecule has 0 saturated carbocycles. The van der Waals surface area contributed by atoms with Crippen molar-refractivity contribution in [1.82, 2.24) is 9.97 Å². The molecular weight excluding hydrogens is 312 g/mol. The zero-order chi connectivity index (χ0) is 12.7. The maximum atomic E-state index is 6.21. The quantitative estimate of drug-likeness (QED) is 0.674. The largest absolute Gasteiger partial charge is 0.338 e. The Morgan fingerprint density at radius 2 is 2.00 bits per heavy atom. The molecule has 0 spiro atoms. The number of fused-ring (bicyclic) bond motifs is 1. The van der Waals surface area contributed by atoms with E-state index in [1.54, 1.807) is 0 Å². The van der Waals surface area contributed by atoms with Crippen LogP contribution >= 0.6 is 27.5 Å². The van der Waals surface area contributed by atoms with Gasteiger partial charge in [-0.15, -0.1) is 0 Å². The van der Waals surface area contributed by atoms with Crippen LogP contribution in [-0.2, 0) is 0 Å². The molecule has 0 radical (unpaired) electrons. The minimum atomic E-state index is 0.680. The van der Waals surface area contributed by atoms with Gasteiger partial charge in [0.15, 0.2) is 0 Å². The third-order valence-electron chi connectivity index (χ3n) is 2.81. The smallest absolute Gasteiger partial charge is 0.139 e. The minimum absolute atomic E-state index is 0.680. The van der Waals surface area contributed by atoms with Gasteiger partial charge in [0.05, 0.1) is 10.5 Å². The average molecular weight is 322 g/mol. The molecule has 3 aromatic rings. The number of aromatic nitrogens is 2. The van der Waals surface area contributed by atoms with Gasteiger partial charge in [-0.1, -0.05) is 45.7 Å². The molecule has 3 rings (SSSR count). The molecule has 0 aliphatic carbocycles. The van der Waals surface area contributed by atoms with E-state index in [1.165, 1.54) is 0 Å². The fourth-order valence-electron chi connectivity index (χ4n) is 1.99. The van der Waals surface area contributed by atoms with Gasteiger partial charge in [0, 0.05) is 10.0 Å². The van der Waals surface area contributed by atoms with E-state index in [9.17, 15) is 0 Å². The van der Waals surface area contributed by atoms with Crippen LogP contribution in [0.15, 0.2) is 40.9 Å². The molecular formula is C14H10BrClN2. The zero-order valence-corrected chi connectivity index (χ0v) is 12.0. The number of H-pyrrole nitrogens is 1. The zero-order valence-electron chi connectivity index (χ0n) is 9.67. The van der Waals surface area contributed by atoms with Crippen molar-refractivity contribution in [2.24, 2.45) is 0 Å². The van der Waals surface area contributed by atoms with Crippen molar-refractivity contribution in [1.29, 1.82) is 0 Å². The molecule has 1 N–H and O–H groups in total. The summed E-state index contributed by atoms with van der Waals surface area (Å²) in [4.78, 5) is 7.88. The van der Waals surface area contributed by atoms with Crippen LogP contribution < -0.4 is 0 Å². The first-order valence-corrected chi connectivity index (χ1v) is 6.73. The van der Waals surface area contributed by atoms with E-state index in [-0.39, 0.29) is 0 Å². The first kappa shape index (κ1) is 11.8. The van der Waals surface area contributed by atoms with Gasteiger partial charge in [-0.2, -0.15) is 0 Å². The Bertz CT molecular complexity index is 734. The number of aromatic amines is 1. The molecule has 4 heteroatoms. The molecule has 0 bridgehead atoms. The third kappa shape index (κ3) is 1.93. The first-order chi connectivity index (χ1) is 8.65. The predicted octanol–water partition coefficient (Wildman–Crippen LogP) is 4.95. The lowest BCUT2D eigenvalue weighted by molar-refractivity contribution is 1.33. The standard InChI is InChI=1S/C14H10BrClN2/c1-8-6-11(16)13-12(7-8)17-14(18-13)9-4-2-3-5-10(9)15/h2-7H,1H3,(H,17,18). The van der Waals surface area contributed by atoms with E-state index in [4.69, 9.17) is 11.6 Å². The molecule has 2 aromatic carbocycles. The fourth-order valence-corrected chi connectivity index (χ4v) is 2.78. The van der Waals surface area contributed by atoms with Crippen molar-refractivity contribution >= 4 is 38.6 Å². The average Bonchev–Trinajstić information content (AvgIpc) is 2.73. The molecule has 0 fully saturated rings. The van der Waals surface area contributed by atoms with Crippen LogP contribution in [0.4, 0.5) is 0 Å². The topological polar surface area (TPSA) is 28.7 Å². The molecule has 0 atom stereocenters. The Hall–Kier alpha value is -1.32. The Labute approximate surface area is 118 Å². The lowest BCUT2D eigenvalue weighted by atomic mass is 10.2. The Kier molecular flexibility index (Phi) is 2.88. The lowest BCUT2D eigenvalue weighted by Crippen LogP contribution is -1.81. The predicted molar refractivity (Wildman–Crippen MR) is 79.0 cm³/mol. The lowest BCUT2D eigenvalue weighted by Gasteiger charge is -1.98. The second kappa shape index (κ2) is 4.41. The number of halogens is 2. The van der Waals surface area contributed by atoms with E-state index >= 15 is 0 Å². The number of aryl methyl sites for hydroxylation is 1. The molecule has 90 valence electrons. The monoisotopic (exact) mass is 320 g/mol. The summed E-state index contributed by atoms with van der Waals surface area (Å²) in [5.74, 6) is 0.824. The van der Waals surface area contributed by atoms with Gasteiger partial charge in [0.2, 0.25) is 0 Å². The van der Waals surface area contributed by atoms with E-state index in [1.807, 2.05) is 37.3 Å². The second-order valence-electron chi connectivity index (χ2n) is 4.21. The maximum absolute atomic E-state index is 6.21. The molecule has 1 heterocycles. The molecule has 0 unspecified atom stereocenters. The van der Waals surface area contributed by atoms with Gasteiger partial charge < -0.3 is 4.98 Å². The number of imidazole rings is 1. The highest BCUT2D eigenvalue weighted by molar-refractivity contribution is 9.10. The van der Waals surface area contributed by atoms with Crippen LogP contribution in [0, 0.1) is 6.92 Å². The summed E-state index contributed by atoms with van der Waals surface area (Å²) in [6.45, 7) is 2.02. The fraction of sp³-hybridized carbons (Fsp3) is 0.0714.